The summed E-state index contributed by atoms with van der Waals surface area (Å²) in [6, 6.07) is 2.98. The summed E-state index contributed by atoms with van der Waals surface area (Å²) < 4.78 is 13.5. The average molecular weight is 337 g/mol. The van der Waals surface area contributed by atoms with Crippen molar-refractivity contribution >= 4 is 19.0 Å². The smallest absolute Gasteiger partial charge is 0.269 e. The lowest BCUT2D eigenvalue weighted by Gasteiger charge is -2.48. The van der Waals surface area contributed by atoms with Crippen molar-refractivity contribution in [2.24, 2.45) is 0 Å². The summed E-state index contributed by atoms with van der Waals surface area (Å²) in [6.07, 6.45) is 6.68. The molecule has 0 aromatic heterocycles. The summed E-state index contributed by atoms with van der Waals surface area (Å²) in [5.41, 5.74) is 2.38. The minimum Gasteiger partial charge on any atom is -0.322 e. The van der Waals surface area contributed by atoms with Gasteiger partial charge < -0.3 is 5.32 Å². The Kier molecular flexibility index (Phi) is 4.50. The minimum atomic E-state index is -1.47. The van der Waals surface area contributed by atoms with Crippen LogP contribution in [0.5, 0.6) is 0 Å². The van der Waals surface area contributed by atoms with Gasteiger partial charge in [0.05, 0.1) is 20.2 Å². The van der Waals surface area contributed by atoms with Gasteiger partial charge in [0.15, 0.2) is 5.16 Å². The Labute approximate surface area is 138 Å². The summed E-state index contributed by atoms with van der Waals surface area (Å²) in [4.78, 5) is 13.2. The van der Waals surface area contributed by atoms with E-state index in [0.717, 1.165) is 48.8 Å². The predicted octanol–water partition coefficient (Wildman–Crippen LogP) is 4.25. The molecule has 3 rings (SSSR count). The molecule has 1 aliphatic carbocycles. The molecule has 1 aromatic rings. The molecule has 5 heteroatoms. The summed E-state index contributed by atoms with van der Waals surface area (Å²) in [7, 11) is -1.47. The molecule has 1 atom stereocenters. The van der Waals surface area contributed by atoms with Crippen LogP contribution in [0.15, 0.2) is 12.1 Å². The number of amides is 1. The van der Waals surface area contributed by atoms with Gasteiger partial charge in [-0.15, -0.1) is 0 Å². The first-order chi connectivity index (χ1) is 10.9. The fourth-order valence-corrected chi connectivity index (χ4v) is 8.32. The van der Waals surface area contributed by atoms with Gasteiger partial charge in [-0.25, -0.2) is 4.39 Å². The number of hydrogen-bond donors (Lipinski definition) is 2. The third kappa shape index (κ3) is 2.81. The molecule has 3 nitrogen and oxygen atoms in total. The van der Waals surface area contributed by atoms with Crippen molar-refractivity contribution in [3.05, 3.63) is 29.1 Å². The van der Waals surface area contributed by atoms with Gasteiger partial charge in [-0.3, -0.25) is 4.79 Å². The summed E-state index contributed by atoms with van der Waals surface area (Å²) in [6.45, 7) is 7.06. The van der Waals surface area contributed by atoms with Crippen LogP contribution in [0, 0.1) is 19.7 Å². The molecule has 2 aliphatic rings. The second-order valence-corrected chi connectivity index (χ2v) is 11.3. The fraction of sp³-hybridized carbons (Fsp3) is 0.611. The molecule has 1 saturated heterocycles. The highest BCUT2D eigenvalue weighted by atomic mass is 31.2. The standard InChI is InChI=1S/C18H26FN2OP/c1-13-11-15(19)12-14(2)16(13)21-17(22)18(7-6-8-18)23(3)10-5-4-9-20-23/h11-12,20H,4-10H2,1-3H3/p+1. The number of halogens is 1. The third-order valence-corrected chi connectivity index (χ3v) is 10.4. The molecule has 2 fully saturated rings. The SMILES string of the molecule is Cc1cc(F)cc(C)c1NC(=O)C1([P+]2(C)CCCCN2)CCC1. The molecule has 0 spiro atoms. The molecular formula is C18H27FN2OP+. The Hall–Kier alpha value is -0.990. The number of hydrogen-bond acceptors (Lipinski definition) is 2. The topological polar surface area (TPSA) is 41.1 Å². The highest BCUT2D eigenvalue weighted by Crippen LogP contribution is 2.71. The normalized spacial score (nSPS) is 26.4. The quantitative estimate of drug-likeness (QED) is 0.810. The fourth-order valence-electron chi connectivity index (χ4n) is 4.12. The lowest BCUT2D eigenvalue weighted by atomic mass is 9.83. The lowest BCUT2D eigenvalue weighted by molar-refractivity contribution is -0.120. The second kappa shape index (κ2) is 6.14. The molecule has 126 valence electrons. The summed E-state index contributed by atoms with van der Waals surface area (Å²) in [5, 5.41) is 6.67. The van der Waals surface area contributed by atoms with Crippen LogP contribution >= 0.6 is 7.41 Å². The van der Waals surface area contributed by atoms with Crippen molar-refractivity contribution in [1.29, 1.82) is 0 Å². The van der Waals surface area contributed by atoms with Gasteiger partial charge in [-0.2, -0.15) is 5.09 Å². The first kappa shape index (κ1) is 16.9. The van der Waals surface area contributed by atoms with Crippen LogP contribution in [0.3, 0.4) is 0 Å². The van der Waals surface area contributed by atoms with E-state index in [2.05, 4.69) is 17.1 Å². The maximum Gasteiger partial charge on any atom is 0.269 e. The van der Waals surface area contributed by atoms with Crippen LogP contribution in [-0.4, -0.2) is 30.4 Å². The third-order valence-electron chi connectivity index (χ3n) is 5.78. The molecule has 1 saturated carbocycles. The number of aryl methyl sites for hydroxylation is 2. The minimum absolute atomic E-state index is 0.145. The first-order valence-corrected chi connectivity index (χ1v) is 11.0. The van der Waals surface area contributed by atoms with Crippen molar-refractivity contribution in [1.82, 2.24) is 5.09 Å². The van der Waals surface area contributed by atoms with Gasteiger partial charge in [0.1, 0.15) is 5.82 Å². The van der Waals surface area contributed by atoms with Crippen LogP contribution < -0.4 is 10.4 Å². The second-order valence-electron chi connectivity index (χ2n) is 7.28. The van der Waals surface area contributed by atoms with Crippen molar-refractivity contribution in [3.63, 3.8) is 0 Å². The largest absolute Gasteiger partial charge is 0.322 e. The van der Waals surface area contributed by atoms with Gasteiger partial charge in [-0.1, -0.05) is 0 Å². The molecule has 2 N–H and O–H groups in total. The van der Waals surface area contributed by atoms with Gasteiger partial charge in [-0.05, 0) is 69.2 Å². The van der Waals surface area contributed by atoms with E-state index >= 15 is 0 Å². The van der Waals surface area contributed by atoms with Gasteiger partial charge in [0.25, 0.3) is 5.91 Å². The van der Waals surface area contributed by atoms with Crippen LogP contribution in [-0.2, 0) is 4.79 Å². The first-order valence-electron chi connectivity index (χ1n) is 8.57. The van der Waals surface area contributed by atoms with E-state index in [1.54, 1.807) is 0 Å². The molecule has 0 bridgehead atoms. The van der Waals surface area contributed by atoms with E-state index in [1.165, 1.54) is 25.0 Å². The molecule has 0 radical (unpaired) electrons. The van der Waals surface area contributed by atoms with Crippen molar-refractivity contribution in [2.45, 2.75) is 51.1 Å². The van der Waals surface area contributed by atoms with Gasteiger partial charge in [0.2, 0.25) is 0 Å². The Bertz CT molecular complexity index is 598. The van der Waals surface area contributed by atoms with Crippen molar-refractivity contribution < 1.29 is 9.18 Å². The van der Waals surface area contributed by atoms with E-state index in [1.807, 2.05) is 13.8 Å². The number of carbonyl (C=O) groups is 1. The van der Waals surface area contributed by atoms with E-state index in [-0.39, 0.29) is 16.9 Å². The number of rotatable bonds is 3. The molecule has 1 aromatic carbocycles. The zero-order chi connectivity index (χ0) is 16.7. The molecular weight excluding hydrogens is 310 g/mol. The highest BCUT2D eigenvalue weighted by Gasteiger charge is 2.63. The van der Waals surface area contributed by atoms with Gasteiger partial charge in [0, 0.05) is 12.2 Å². The van der Waals surface area contributed by atoms with E-state index in [4.69, 9.17) is 0 Å². The summed E-state index contributed by atoms with van der Waals surface area (Å²) in [5.74, 6) is -0.100. The van der Waals surface area contributed by atoms with Crippen LogP contribution in [0.4, 0.5) is 10.1 Å². The van der Waals surface area contributed by atoms with Crippen LogP contribution in [0.2, 0.25) is 0 Å². The number of benzene rings is 1. The highest BCUT2D eigenvalue weighted by molar-refractivity contribution is 7.75. The van der Waals surface area contributed by atoms with Crippen LogP contribution in [0.1, 0.15) is 43.2 Å². The number of anilines is 1. The van der Waals surface area contributed by atoms with Crippen LogP contribution in [0.25, 0.3) is 0 Å². The predicted molar refractivity (Wildman–Crippen MR) is 96.0 cm³/mol. The number of carbonyl (C=O) groups excluding carboxylic acids is 1. The Morgan fingerprint density at radius 2 is 1.87 bits per heavy atom. The monoisotopic (exact) mass is 337 g/mol. The molecule has 1 unspecified atom stereocenters. The maximum atomic E-state index is 13.5. The van der Waals surface area contributed by atoms with Crippen molar-refractivity contribution in [3.8, 4) is 0 Å². The maximum absolute atomic E-state index is 13.5. The lowest BCUT2D eigenvalue weighted by Crippen LogP contribution is -2.54. The molecule has 1 aliphatic heterocycles. The average Bonchev–Trinajstić information content (AvgIpc) is 2.42. The Balaban J connectivity index is 1.87. The molecule has 1 heterocycles. The molecule has 23 heavy (non-hydrogen) atoms. The van der Waals surface area contributed by atoms with E-state index in [0.29, 0.717) is 0 Å². The zero-order valence-corrected chi connectivity index (χ0v) is 15.2. The summed E-state index contributed by atoms with van der Waals surface area (Å²) >= 11 is 0. The van der Waals surface area contributed by atoms with Gasteiger partial charge >= 0.3 is 0 Å². The van der Waals surface area contributed by atoms with Crippen molar-refractivity contribution in [2.75, 3.05) is 24.7 Å². The molecule has 1 amide bonds. The Morgan fingerprint density at radius 1 is 1.22 bits per heavy atom. The van der Waals surface area contributed by atoms with E-state index in [9.17, 15) is 9.18 Å². The number of nitrogens with one attached hydrogen (secondary N) is 2. The van der Waals surface area contributed by atoms with E-state index < -0.39 is 7.41 Å². The Morgan fingerprint density at radius 3 is 2.35 bits per heavy atom. The zero-order valence-electron chi connectivity index (χ0n) is 14.3.